The molecule has 1 aromatic carbocycles. The lowest BCUT2D eigenvalue weighted by Crippen LogP contribution is -2.21. The van der Waals surface area contributed by atoms with Gasteiger partial charge in [-0.2, -0.15) is 18.5 Å². The molecule has 1 N–H and O–H groups in total. The van der Waals surface area contributed by atoms with Gasteiger partial charge in [-0.15, -0.1) is 0 Å². The molecular weight excluding hydrogens is 232 g/mol. The summed E-state index contributed by atoms with van der Waals surface area (Å²) in [6, 6.07) is 5.64. The molecule has 2 rings (SSSR count). The Kier molecular flexibility index (Phi) is 2.49. The fourth-order valence-corrected chi connectivity index (χ4v) is 2.07. The minimum absolute atomic E-state index is 0.0590. The fraction of sp³-hybridized carbons (Fsp3) is 0.111. The summed E-state index contributed by atoms with van der Waals surface area (Å²) < 4.78 is 31.2. The SMILES string of the molecule is O=C1CC=NN1c1ccccc1S(=O)(=O)O. The van der Waals surface area contributed by atoms with Crippen LogP contribution < -0.4 is 5.01 Å². The van der Waals surface area contributed by atoms with Crippen LogP contribution in [0.4, 0.5) is 5.69 Å². The molecule has 1 heterocycles. The summed E-state index contributed by atoms with van der Waals surface area (Å²) in [6.07, 6.45) is 1.50. The smallest absolute Gasteiger partial charge is 0.282 e. The van der Waals surface area contributed by atoms with E-state index in [1.165, 1.54) is 24.4 Å². The quantitative estimate of drug-likeness (QED) is 0.769. The molecule has 0 radical (unpaired) electrons. The lowest BCUT2D eigenvalue weighted by Gasteiger charge is -2.14. The van der Waals surface area contributed by atoms with Crippen molar-refractivity contribution in [2.45, 2.75) is 11.3 Å². The number of rotatable bonds is 2. The molecule has 0 saturated carbocycles. The molecule has 0 bridgehead atoms. The van der Waals surface area contributed by atoms with Crippen molar-refractivity contribution in [3.8, 4) is 0 Å². The molecule has 0 unspecified atom stereocenters. The number of hydrazone groups is 1. The molecule has 0 aliphatic carbocycles. The largest absolute Gasteiger partial charge is 0.296 e. The molecule has 7 heteroatoms. The van der Waals surface area contributed by atoms with E-state index in [0.29, 0.717) is 0 Å². The van der Waals surface area contributed by atoms with Crippen molar-refractivity contribution in [3.05, 3.63) is 24.3 Å². The van der Waals surface area contributed by atoms with E-state index in [9.17, 15) is 13.2 Å². The molecule has 1 aliphatic heterocycles. The van der Waals surface area contributed by atoms with E-state index < -0.39 is 10.1 Å². The number of carbonyl (C=O) groups is 1. The first-order chi connectivity index (χ1) is 7.50. The van der Waals surface area contributed by atoms with Gasteiger partial charge in [0, 0.05) is 6.21 Å². The van der Waals surface area contributed by atoms with E-state index in [1.54, 1.807) is 6.07 Å². The number of hydrogen-bond donors (Lipinski definition) is 1. The Morgan fingerprint density at radius 3 is 2.56 bits per heavy atom. The lowest BCUT2D eigenvalue weighted by molar-refractivity contribution is -0.116. The number of para-hydroxylation sites is 1. The average molecular weight is 240 g/mol. The zero-order chi connectivity index (χ0) is 11.8. The van der Waals surface area contributed by atoms with Gasteiger partial charge < -0.3 is 0 Å². The molecular formula is C9H8N2O4S. The zero-order valence-corrected chi connectivity index (χ0v) is 8.88. The summed E-state index contributed by atoms with van der Waals surface area (Å²) in [7, 11) is -4.36. The Morgan fingerprint density at radius 1 is 1.31 bits per heavy atom. The van der Waals surface area contributed by atoms with Crippen molar-refractivity contribution in [2.75, 3.05) is 5.01 Å². The van der Waals surface area contributed by atoms with Gasteiger partial charge in [0.2, 0.25) is 0 Å². The predicted molar refractivity (Wildman–Crippen MR) is 56.9 cm³/mol. The van der Waals surface area contributed by atoms with Gasteiger partial charge in [0.15, 0.2) is 0 Å². The third kappa shape index (κ3) is 1.82. The number of hydrogen-bond acceptors (Lipinski definition) is 4. The second kappa shape index (κ2) is 3.69. The van der Waals surface area contributed by atoms with Crippen molar-refractivity contribution in [3.63, 3.8) is 0 Å². The third-order valence-electron chi connectivity index (χ3n) is 2.07. The first kappa shape index (κ1) is 10.8. The fourth-order valence-electron chi connectivity index (χ4n) is 1.40. The molecule has 0 spiro atoms. The maximum Gasteiger partial charge on any atom is 0.296 e. The molecule has 0 fully saturated rings. The highest BCUT2D eigenvalue weighted by atomic mass is 32.2. The number of benzene rings is 1. The molecule has 0 saturated heterocycles. The van der Waals surface area contributed by atoms with Crippen LogP contribution in [0.1, 0.15) is 6.42 Å². The average Bonchev–Trinajstić information content (AvgIpc) is 2.63. The zero-order valence-electron chi connectivity index (χ0n) is 8.07. The van der Waals surface area contributed by atoms with E-state index in [1.807, 2.05) is 0 Å². The van der Waals surface area contributed by atoms with E-state index in [-0.39, 0.29) is 22.9 Å². The highest BCUT2D eigenvalue weighted by molar-refractivity contribution is 7.86. The minimum Gasteiger partial charge on any atom is -0.282 e. The van der Waals surface area contributed by atoms with Crippen molar-refractivity contribution in [2.24, 2.45) is 5.10 Å². The standard InChI is InChI=1S/C9H8N2O4S/c12-9-5-6-10-11(9)7-3-1-2-4-8(7)16(13,14)15/h1-4,6H,5H2,(H,13,14,15). The molecule has 84 valence electrons. The minimum atomic E-state index is -4.36. The maximum atomic E-state index is 11.4. The Morgan fingerprint density at radius 2 is 2.00 bits per heavy atom. The maximum absolute atomic E-state index is 11.4. The molecule has 6 nitrogen and oxygen atoms in total. The van der Waals surface area contributed by atoms with Gasteiger partial charge in [-0.3, -0.25) is 9.35 Å². The van der Waals surface area contributed by atoms with E-state index in [2.05, 4.69) is 5.10 Å². The molecule has 0 aromatic heterocycles. The van der Waals surface area contributed by atoms with E-state index >= 15 is 0 Å². The van der Waals surface area contributed by atoms with Crippen molar-refractivity contribution in [1.29, 1.82) is 0 Å². The van der Waals surface area contributed by atoms with Gasteiger partial charge in [-0.05, 0) is 12.1 Å². The number of anilines is 1. The topological polar surface area (TPSA) is 87.0 Å². The Labute approximate surface area is 91.9 Å². The Bertz CT molecular complexity index is 565. The second-order valence-corrected chi connectivity index (χ2v) is 4.54. The van der Waals surface area contributed by atoms with Crippen molar-refractivity contribution >= 4 is 27.9 Å². The second-order valence-electron chi connectivity index (χ2n) is 3.15. The Balaban J connectivity index is 2.57. The summed E-state index contributed by atoms with van der Waals surface area (Å²) in [5, 5.41) is 4.71. The van der Waals surface area contributed by atoms with Gasteiger partial charge in [0.25, 0.3) is 16.0 Å². The van der Waals surface area contributed by atoms with Crippen LogP contribution in [0.25, 0.3) is 0 Å². The van der Waals surface area contributed by atoms with Crippen molar-refractivity contribution < 1.29 is 17.8 Å². The van der Waals surface area contributed by atoms with Crippen LogP contribution in [-0.2, 0) is 14.9 Å². The van der Waals surface area contributed by atoms with Crippen LogP contribution in [0, 0.1) is 0 Å². The monoisotopic (exact) mass is 240 g/mol. The highest BCUT2D eigenvalue weighted by Crippen LogP contribution is 2.26. The van der Waals surface area contributed by atoms with E-state index in [0.717, 1.165) is 5.01 Å². The van der Waals surface area contributed by atoms with Crippen LogP contribution in [0.15, 0.2) is 34.3 Å². The van der Waals surface area contributed by atoms with Gasteiger partial charge in [-0.25, -0.2) is 0 Å². The Hall–Kier alpha value is -1.73. The first-order valence-electron chi connectivity index (χ1n) is 4.42. The van der Waals surface area contributed by atoms with Gasteiger partial charge in [-0.1, -0.05) is 12.1 Å². The molecule has 1 aromatic rings. The van der Waals surface area contributed by atoms with Gasteiger partial charge in [0.1, 0.15) is 4.90 Å². The molecule has 1 amide bonds. The summed E-state index contributed by atoms with van der Waals surface area (Å²) in [5.41, 5.74) is 0.0590. The van der Waals surface area contributed by atoms with Crippen LogP contribution in [-0.4, -0.2) is 25.1 Å². The van der Waals surface area contributed by atoms with Gasteiger partial charge >= 0.3 is 0 Å². The van der Waals surface area contributed by atoms with Crippen LogP contribution >= 0.6 is 0 Å². The van der Waals surface area contributed by atoms with E-state index in [4.69, 9.17) is 4.55 Å². The summed E-state index contributed by atoms with van der Waals surface area (Å²) in [4.78, 5) is 11.0. The lowest BCUT2D eigenvalue weighted by atomic mass is 10.3. The van der Waals surface area contributed by atoms with Crippen LogP contribution in [0.3, 0.4) is 0 Å². The number of amides is 1. The van der Waals surface area contributed by atoms with Crippen LogP contribution in [0.5, 0.6) is 0 Å². The summed E-state index contributed by atoms with van der Waals surface area (Å²) in [6.45, 7) is 0. The normalized spacial score (nSPS) is 15.8. The number of carbonyl (C=O) groups excluding carboxylic acids is 1. The van der Waals surface area contributed by atoms with Gasteiger partial charge in [0.05, 0.1) is 12.1 Å². The predicted octanol–water partition coefficient (Wildman–Crippen LogP) is 0.656. The van der Waals surface area contributed by atoms with Crippen LogP contribution in [0.2, 0.25) is 0 Å². The first-order valence-corrected chi connectivity index (χ1v) is 5.86. The third-order valence-corrected chi connectivity index (χ3v) is 2.97. The molecule has 0 atom stereocenters. The highest BCUT2D eigenvalue weighted by Gasteiger charge is 2.25. The summed E-state index contributed by atoms with van der Waals surface area (Å²) >= 11 is 0. The number of nitrogens with zero attached hydrogens (tertiary/aromatic N) is 2. The molecule has 1 aliphatic rings. The summed E-state index contributed by atoms with van der Waals surface area (Å²) in [5.74, 6) is -0.337. The van der Waals surface area contributed by atoms with Crippen molar-refractivity contribution in [1.82, 2.24) is 0 Å². The molecule has 16 heavy (non-hydrogen) atoms.